The Labute approximate surface area is 196 Å². The van der Waals surface area contributed by atoms with Gasteiger partial charge in [-0.15, -0.1) is 0 Å². The number of aryl methyl sites for hydroxylation is 1. The number of halogens is 1. The van der Waals surface area contributed by atoms with E-state index in [1.165, 1.54) is 13.2 Å². The highest BCUT2D eigenvalue weighted by atomic mass is 35.5. The van der Waals surface area contributed by atoms with Crippen LogP contribution in [0.5, 0.6) is 5.75 Å². The molecule has 33 heavy (non-hydrogen) atoms. The quantitative estimate of drug-likeness (QED) is 0.543. The van der Waals surface area contributed by atoms with E-state index in [4.69, 9.17) is 16.3 Å². The molecule has 172 valence electrons. The van der Waals surface area contributed by atoms with Crippen molar-refractivity contribution in [3.63, 3.8) is 0 Å². The molecule has 0 spiro atoms. The van der Waals surface area contributed by atoms with Crippen LogP contribution in [0.15, 0.2) is 53.3 Å². The molecule has 0 fully saturated rings. The smallest absolute Gasteiger partial charge is 0.291 e. The Morgan fingerprint density at radius 1 is 1.09 bits per heavy atom. The van der Waals surface area contributed by atoms with Crippen molar-refractivity contribution in [2.75, 3.05) is 17.7 Å². The fraction of sp³-hybridized carbons (Fsp3) is 0.250. The van der Waals surface area contributed by atoms with Crippen molar-refractivity contribution in [3.05, 3.63) is 69.5 Å². The van der Waals surface area contributed by atoms with Crippen molar-refractivity contribution in [1.82, 2.24) is 9.78 Å². The van der Waals surface area contributed by atoms with Crippen LogP contribution < -0.4 is 20.9 Å². The van der Waals surface area contributed by atoms with E-state index in [0.717, 1.165) is 15.8 Å². The average Bonchev–Trinajstić information content (AvgIpc) is 2.77. The van der Waals surface area contributed by atoms with Gasteiger partial charge in [0.15, 0.2) is 0 Å². The van der Waals surface area contributed by atoms with Gasteiger partial charge in [0, 0.05) is 17.2 Å². The number of aromatic nitrogens is 2. The molecule has 0 aliphatic rings. The predicted octanol–water partition coefficient (Wildman–Crippen LogP) is 4.11. The molecule has 1 heterocycles. The Bertz CT molecular complexity index is 1240. The minimum atomic E-state index is -0.581. The first-order valence-corrected chi connectivity index (χ1v) is 10.7. The fourth-order valence-corrected chi connectivity index (χ4v) is 3.22. The Hall–Kier alpha value is -3.65. The van der Waals surface area contributed by atoms with Gasteiger partial charge in [0.25, 0.3) is 5.56 Å². The molecule has 0 radical (unpaired) electrons. The van der Waals surface area contributed by atoms with Gasteiger partial charge in [-0.25, -0.2) is 4.68 Å². The maximum atomic E-state index is 13.0. The summed E-state index contributed by atoms with van der Waals surface area (Å²) < 4.78 is 6.14. The van der Waals surface area contributed by atoms with Gasteiger partial charge >= 0.3 is 0 Å². The summed E-state index contributed by atoms with van der Waals surface area (Å²) in [4.78, 5) is 37.9. The lowest BCUT2D eigenvalue weighted by Crippen LogP contribution is -2.33. The zero-order valence-electron chi connectivity index (χ0n) is 18.8. The summed E-state index contributed by atoms with van der Waals surface area (Å²) in [5.74, 6) is -0.633. The number of amides is 2. The second-order valence-electron chi connectivity index (χ2n) is 7.81. The highest BCUT2D eigenvalue weighted by Gasteiger charge is 2.16. The zero-order chi connectivity index (χ0) is 24.1. The van der Waals surface area contributed by atoms with Gasteiger partial charge in [0.2, 0.25) is 11.8 Å². The number of rotatable bonds is 7. The monoisotopic (exact) mass is 468 g/mol. The third-order valence-corrected chi connectivity index (χ3v) is 5.13. The molecule has 1 aromatic heterocycles. The van der Waals surface area contributed by atoms with E-state index in [0.29, 0.717) is 22.2 Å². The Kier molecular flexibility index (Phi) is 7.50. The van der Waals surface area contributed by atoms with Crippen LogP contribution in [0.3, 0.4) is 0 Å². The molecule has 0 atom stereocenters. The first kappa shape index (κ1) is 24.0. The Morgan fingerprint density at radius 3 is 2.39 bits per heavy atom. The molecule has 0 unspecified atom stereocenters. The van der Waals surface area contributed by atoms with E-state index in [9.17, 15) is 14.4 Å². The molecule has 0 aliphatic carbocycles. The molecule has 0 saturated carbocycles. The molecule has 2 aromatic carbocycles. The van der Waals surface area contributed by atoms with Crippen LogP contribution in [-0.4, -0.2) is 28.7 Å². The zero-order valence-corrected chi connectivity index (χ0v) is 19.6. The first-order valence-electron chi connectivity index (χ1n) is 10.3. The first-order chi connectivity index (χ1) is 15.7. The van der Waals surface area contributed by atoms with Gasteiger partial charge < -0.3 is 15.4 Å². The normalized spacial score (nSPS) is 10.7. The second kappa shape index (κ2) is 10.3. The van der Waals surface area contributed by atoms with E-state index >= 15 is 0 Å². The molecule has 0 bridgehead atoms. The molecule has 2 amide bonds. The Morgan fingerprint density at radius 2 is 1.79 bits per heavy atom. The minimum Gasteiger partial charge on any atom is -0.495 e. The molecule has 8 nitrogen and oxygen atoms in total. The summed E-state index contributed by atoms with van der Waals surface area (Å²) in [5, 5.41) is 10.0. The number of anilines is 2. The number of hydrogen-bond donors (Lipinski definition) is 2. The number of carbonyl (C=O) groups excluding carboxylic acids is 2. The van der Waals surface area contributed by atoms with Gasteiger partial charge in [-0.05, 0) is 31.2 Å². The Balaban J connectivity index is 1.93. The highest BCUT2D eigenvalue weighted by molar-refractivity contribution is 6.32. The number of nitrogens with zero attached hydrogens (tertiary/aromatic N) is 2. The van der Waals surface area contributed by atoms with Crippen LogP contribution in [0.4, 0.5) is 11.4 Å². The van der Waals surface area contributed by atoms with Crippen molar-refractivity contribution < 1.29 is 14.3 Å². The van der Waals surface area contributed by atoms with E-state index in [1.807, 2.05) is 31.2 Å². The number of nitrogens with one attached hydrogen (secondary N) is 2. The molecule has 3 rings (SSSR count). The molecular weight excluding hydrogens is 444 g/mol. The van der Waals surface area contributed by atoms with Crippen molar-refractivity contribution in [2.45, 2.75) is 27.3 Å². The molecule has 2 N–H and O–H groups in total. The van der Waals surface area contributed by atoms with Gasteiger partial charge in [-0.3, -0.25) is 14.4 Å². The third-order valence-electron chi connectivity index (χ3n) is 4.83. The molecule has 9 heteroatoms. The molecule has 0 aliphatic heterocycles. The maximum absolute atomic E-state index is 13.0. The lowest BCUT2D eigenvalue weighted by atomic mass is 10.1. The lowest BCUT2D eigenvalue weighted by molar-refractivity contribution is -0.119. The van der Waals surface area contributed by atoms with Crippen molar-refractivity contribution in [3.8, 4) is 17.0 Å². The topological polar surface area (TPSA) is 102 Å². The van der Waals surface area contributed by atoms with Crippen molar-refractivity contribution >= 4 is 34.8 Å². The SMILES string of the molecule is COc1ccc(NC(=O)Cn2nc(-c3ccc(C)cc3)cc(NC(=O)C(C)C)c2=O)cc1Cl. The standard InChI is InChI=1S/C24H25ClN4O4/c1-14(2)23(31)27-20-12-19(16-7-5-15(3)6-8-16)28-29(24(20)32)13-22(30)26-17-9-10-21(33-4)18(25)11-17/h5-12,14H,13H2,1-4H3,(H,26,30)(H,27,31). The van der Waals surface area contributed by atoms with Gasteiger partial charge in [-0.2, -0.15) is 5.10 Å². The van der Waals surface area contributed by atoms with Crippen molar-refractivity contribution in [2.24, 2.45) is 5.92 Å². The van der Waals surface area contributed by atoms with E-state index in [-0.39, 0.29) is 24.1 Å². The molecular formula is C24H25ClN4O4. The van der Waals surface area contributed by atoms with E-state index in [2.05, 4.69) is 15.7 Å². The van der Waals surface area contributed by atoms with Crippen LogP contribution in [0.2, 0.25) is 5.02 Å². The number of hydrogen-bond acceptors (Lipinski definition) is 5. The van der Waals surface area contributed by atoms with E-state index < -0.39 is 11.5 Å². The molecule has 3 aromatic rings. The summed E-state index contributed by atoms with van der Waals surface area (Å²) in [5.41, 5.74) is 2.19. The highest BCUT2D eigenvalue weighted by Crippen LogP contribution is 2.27. The number of methoxy groups -OCH3 is 1. The van der Waals surface area contributed by atoms with Crippen molar-refractivity contribution in [1.29, 1.82) is 0 Å². The summed E-state index contributed by atoms with van der Waals surface area (Å²) >= 11 is 6.11. The van der Waals surface area contributed by atoms with Crippen LogP contribution in [0.25, 0.3) is 11.3 Å². The maximum Gasteiger partial charge on any atom is 0.291 e. The van der Waals surface area contributed by atoms with Crippen LogP contribution in [0.1, 0.15) is 19.4 Å². The summed E-state index contributed by atoms with van der Waals surface area (Å²) in [6, 6.07) is 13.9. The summed E-state index contributed by atoms with van der Waals surface area (Å²) in [6.45, 7) is 5.06. The molecule has 0 saturated heterocycles. The van der Waals surface area contributed by atoms with Gasteiger partial charge in [0.1, 0.15) is 18.0 Å². The fourth-order valence-electron chi connectivity index (χ4n) is 2.96. The summed E-state index contributed by atoms with van der Waals surface area (Å²) in [6.07, 6.45) is 0. The average molecular weight is 469 g/mol. The van der Waals surface area contributed by atoms with Crippen LogP contribution in [-0.2, 0) is 16.1 Å². The van der Waals surface area contributed by atoms with Crippen LogP contribution in [0, 0.1) is 12.8 Å². The number of benzene rings is 2. The van der Waals surface area contributed by atoms with Gasteiger partial charge in [-0.1, -0.05) is 55.3 Å². The summed E-state index contributed by atoms with van der Waals surface area (Å²) in [7, 11) is 1.49. The van der Waals surface area contributed by atoms with Crippen LogP contribution >= 0.6 is 11.6 Å². The van der Waals surface area contributed by atoms with Gasteiger partial charge in [0.05, 0.1) is 17.8 Å². The largest absolute Gasteiger partial charge is 0.495 e. The predicted molar refractivity (Wildman–Crippen MR) is 129 cm³/mol. The number of carbonyl (C=O) groups is 2. The third kappa shape index (κ3) is 5.98. The number of ether oxygens (including phenoxy) is 1. The van der Waals surface area contributed by atoms with E-state index in [1.54, 1.807) is 32.0 Å². The minimum absolute atomic E-state index is 0.0552. The lowest BCUT2D eigenvalue weighted by Gasteiger charge is -2.13. The second-order valence-corrected chi connectivity index (χ2v) is 8.22.